The molecule has 3 N–H and O–H groups in total. The minimum absolute atomic E-state index is 0.332. The van der Waals surface area contributed by atoms with Crippen LogP contribution in [0.25, 0.3) is 0 Å². The van der Waals surface area contributed by atoms with Gasteiger partial charge in [0.15, 0.2) is 24.1 Å². The van der Waals surface area contributed by atoms with Gasteiger partial charge >= 0.3 is 0 Å². The quantitative estimate of drug-likeness (QED) is 0.0611. The maximum atomic E-state index is 11.7. The number of nitrogens with one attached hydrogen (secondary N) is 2. The fraction of sp³-hybridized carbons (Fsp3) is 0.0250. The van der Waals surface area contributed by atoms with E-state index in [1.54, 1.807) is 0 Å². The molecule has 0 aliphatic carbocycles. The fourth-order valence-electron chi connectivity index (χ4n) is 5.59. The first-order valence-electron chi connectivity index (χ1n) is 15.1. The van der Waals surface area contributed by atoms with Crippen molar-refractivity contribution < 1.29 is 5.11 Å². The van der Waals surface area contributed by atoms with E-state index in [0.717, 1.165) is 38.3 Å². The molecule has 0 saturated heterocycles. The Morgan fingerprint density at radius 1 is 0.565 bits per heavy atom. The Hall–Kier alpha value is -4.93. The van der Waals surface area contributed by atoms with Crippen LogP contribution in [0.4, 0.5) is 11.4 Å². The first kappa shape index (κ1) is 31.1. The molecule has 0 fully saturated rings. The normalized spacial score (nSPS) is 12.2. The van der Waals surface area contributed by atoms with Crippen molar-refractivity contribution in [2.24, 2.45) is 0 Å². The topological polar surface area (TPSA) is 59.4 Å². The summed E-state index contributed by atoms with van der Waals surface area (Å²) in [6.07, 6.45) is -0.975. The number of rotatable bonds is 10. The Kier molecular flexibility index (Phi) is 10.1. The summed E-state index contributed by atoms with van der Waals surface area (Å²) in [6, 6.07) is 61.2. The highest BCUT2D eigenvalue weighted by Crippen LogP contribution is 2.62. The molecule has 0 radical (unpaired) electrons. The molecule has 6 heteroatoms. The van der Waals surface area contributed by atoms with Crippen molar-refractivity contribution in [1.29, 1.82) is 5.41 Å². The highest BCUT2D eigenvalue weighted by molar-refractivity contribution is 8.17. The second-order valence-corrected chi connectivity index (χ2v) is 14.8. The molecule has 6 rings (SSSR count). The van der Waals surface area contributed by atoms with E-state index in [1.165, 1.54) is 11.8 Å². The first-order valence-corrected chi connectivity index (χ1v) is 17.8. The zero-order valence-electron chi connectivity index (χ0n) is 25.2. The number of anilines is 2. The first-order chi connectivity index (χ1) is 22.7. The van der Waals surface area contributed by atoms with Crippen LogP contribution in [0.3, 0.4) is 0 Å². The van der Waals surface area contributed by atoms with E-state index in [4.69, 9.17) is 0 Å². The Labute approximate surface area is 275 Å². The molecule has 0 spiro atoms. The summed E-state index contributed by atoms with van der Waals surface area (Å²) in [4.78, 5) is 1.94. The number of aliphatic hydroxyl groups is 1. The summed E-state index contributed by atoms with van der Waals surface area (Å²) in [7, 11) is -2.61. The Bertz CT molecular complexity index is 1720. The van der Waals surface area contributed by atoms with Crippen LogP contribution in [0.1, 0.15) is 11.8 Å². The molecule has 226 valence electrons. The molecule has 0 heterocycles. The van der Waals surface area contributed by atoms with Crippen LogP contribution in [0.15, 0.2) is 193 Å². The van der Waals surface area contributed by atoms with Crippen molar-refractivity contribution >= 4 is 51.5 Å². The molecule has 46 heavy (non-hydrogen) atoms. The van der Waals surface area contributed by atoms with Gasteiger partial charge in [0.2, 0.25) is 0 Å². The molecule has 0 aliphatic heterocycles. The molecule has 0 saturated carbocycles. The van der Waals surface area contributed by atoms with Gasteiger partial charge < -0.3 is 10.4 Å². The number of benzene rings is 6. The van der Waals surface area contributed by atoms with Gasteiger partial charge in [0.05, 0.1) is 0 Å². The van der Waals surface area contributed by atoms with Crippen LogP contribution in [0.2, 0.25) is 0 Å². The van der Waals surface area contributed by atoms with E-state index in [1.807, 2.05) is 120 Å². The van der Waals surface area contributed by atoms with Crippen LogP contribution in [-0.2, 0) is 0 Å². The molecule has 6 aromatic carbocycles. The van der Waals surface area contributed by atoms with E-state index in [2.05, 4.69) is 78.1 Å². The largest absolute Gasteiger partial charge is 0.369 e. The van der Waals surface area contributed by atoms with Crippen LogP contribution in [-0.4, -0.2) is 10.3 Å². The Balaban J connectivity index is 1.55. The predicted molar refractivity (Wildman–Crippen MR) is 198 cm³/mol. The van der Waals surface area contributed by atoms with Crippen LogP contribution in [0.5, 0.6) is 0 Å². The van der Waals surface area contributed by atoms with Gasteiger partial charge in [0.25, 0.3) is 0 Å². The Morgan fingerprint density at radius 3 is 1.30 bits per heavy atom. The van der Waals surface area contributed by atoms with Crippen molar-refractivity contribution in [2.45, 2.75) is 6.23 Å². The van der Waals surface area contributed by atoms with E-state index < -0.39 is 13.5 Å². The molecule has 0 bridgehead atoms. The molecule has 4 nitrogen and oxygen atoms in total. The number of amidine groups is 1. The molecule has 0 aliphatic rings. The lowest BCUT2D eigenvalue weighted by Crippen LogP contribution is -2.37. The predicted octanol–water partition coefficient (Wildman–Crippen LogP) is 8.57. The number of hydrogen-bond donors (Lipinski definition) is 3. The van der Waals surface area contributed by atoms with Crippen molar-refractivity contribution in [2.75, 3.05) is 4.90 Å². The van der Waals surface area contributed by atoms with Gasteiger partial charge in [-0.05, 0) is 60.7 Å². The number of thioether (sulfide) groups is 1. The number of para-hydroxylation sites is 2. The summed E-state index contributed by atoms with van der Waals surface area (Å²) in [5, 5.41) is 30.5. The monoisotopic (exact) mass is 636 g/mol. The van der Waals surface area contributed by atoms with Gasteiger partial charge in [0.1, 0.15) is 15.9 Å². The summed E-state index contributed by atoms with van der Waals surface area (Å²) in [6.45, 7) is 0. The zero-order chi connectivity index (χ0) is 31.6. The smallest absolute Gasteiger partial charge is 0.181 e. The van der Waals surface area contributed by atoms with Crippen LogP contribution in [0, 0.1) is 5.41 Å². The standard InChI is InChI=1S/C40H35N3OPS/c41-40(43(33-21-9-2-10-22-33)34-23-11-3-12-24-34)46-31-38(42-39(44)32-19-7-1-8-20-32)45(35-25-13-4-14-26-35,36-27-15-5-16-28-36)37-29-17-6-18-30-37/h1-31,39,41-42,44H/q+1/b38-31+,41-40?/t39-/m0/s1. The average Bonchev–Trinajstić information content (AvgIpc) is 3.13. The highest BCUT2D eigenvalue weighted by atomic mass is 32.2. The molecular formula is C40H35N3OPS+. The van der Waals surface area contributed by atoms with E-state index in [-0.39, 0.29) is 0 Å². The summed E-state index contributed by atoms with van der Waals surface area (Å²) >= 11 is 1.33. The summed E-state index contributed by atoms with van der Waals surface area (Å²) < 4.78 is 0. The van der Waals surface area contributed by atoms with Gasteiger partial charge in [-0.25, -0.2) is 0 Å². The lowest BCUT2D eigenvalue weighted by atomic mass is 10.2. The number of aliphatic hydroxyl groups excluding tert-OH is 1. The zero-order valence-corrected chi connectivity index (χ0v) is 26.9. The maximum Gasteiger partial charge on any atom is 0.181 e. The molecule has 6 aromatic rings. The van der Waals surface area contributed by atoms with Crippen molar-refractivity contribution in [3.05, 3.63) is 198 Å². The lowest BCUT2D eigenvalue weighted by molar-refractivity contribution is 0.154. The van der Waals surface area contributed by atoms with Gasteiger partial charge in [-0.1, -0.05) is 133 Å². The second-order valence-electron chi connectivity index (χ2n) is 10.6. The average molecular weight is 637 g/mol. The summed E-state index contributed by atoms with van der Waals surface area (Å²) in [5.41, 5.74) is 3.40. The fourth-order valence-corrected chi connectivity index (χ4v) is 10.9. The number of hydrogen-bond acceptors (Lipinski definition) is 4. The van der Waals surface area contributed by atoms with Gasteiger partial charge in [-0.3, -0.25) is 10.3 Å². The van der Waals surface area contributed by atoms with Gasteiger partial charge in [0, 0.05) is 22.3 Å². The van der Waals surface area contributed by atoms with Gasteiger partial charge in [-0.2, -0.15) is 0 Å². The second kappa shape index (κ2) is 14.9. The highest BCUT2D eigenvalue weighted by Gasteiger charge is 2.50. The third-order valence-corrected chi connectivity index (χ3v) is 12.8. The third kappa shape index (κ3) is 6.68. The SMILES string of the molecule is N=C(S/C=C(\N[C@@H](O)c1ccccc1)[P+](c1ccccc1)(c1ccccc1)c1ccccc1)N(c1ccccc1)c1ccccc1. The number of nitrogens with zero attached hydrogens (tertiary/aromatic N) is 1. The molecule has 0 unspecified atom stereocenters. The van der Waals surface area contributed by atoms with Crippen molar-refractivity contribution in [3.8, 4) is 0 Å². The van der Waals surface area contributed by atoms with E-state index in [9.17, 15) is 10.5 Å². The van der Waals surface area contributed by atoms with Crippen LogP contribution < -0.4 is 26.1 Å². The molecule has 1 atom stereocenters. The van der Waals surface area contributed by atoms with Crippen molar-refractivity contribution in [3.63, 3.8) is 0 Å². The van der Waals surface area contributed by atoms with Crippen molar-refractivity contribution in [1.82, 2.24) is 5.32 Å². The minimum Gasteiger partial charge on any atom is -0.369 e. The third-order valence-electron chi connectivity index (χ3n) is 7.71. The maximum absolute atomic E-state index is 11.7. The summed E-state index contributed by atoms with van der Waals surface area (Å²) in [5.74, 6) is 0. The van der Waals surface area contributed by atoms with E-state index >= 15 is 0 Å². The Morgan fingerprint density at radius 2 is 0.913 bits per heavy atom. The minimum atomic E-state index is -2.61. The van der Waals surface area contributed by atoms with E-state index in [0.29, 0.717) is 5.17 Å². The van der Waals surface area contributed by atoms with Gasteiger partial charge in [-0.15, -0.1) is 0 Å². The molecule has 0 amide bonds. The lowest BCUT2D eigenvalue weighted by Gasteiger charge is -2.31. The molecular weight excluding hydrogens is 602 g/mol. The van der Waals surface area contributed by atoms with Crippen LogP contribution >= 0.6 is 19.0 Å². The molecule has 0 aromatic heterocycles.